The fourth-order valence-electron chi connectivity index (χ4n) is 4.19. The van der Waals surface area contributed by atoms with Crippen molar-refractivity contribution in [2.75, 3.05) is 0 Å². The van der Waals surface area contributed by atoms with E-state index >= 15 is 0 Å². The Balaban J connectivity index is 1.54. The summed E-state index contributed by atoms with van der Waals surface area (Å²) in [6.07, 6.45) is 7.56. The standard InChI is InChI=1S/C19H26INO2/c1-2-5-16(12-14-6-3-4-7-17(14)20)23-19(22)21-18-11-13-8-9-15(18)10-13/h3-4,6-7,13,15-16,18H,2,5,8-12H2,1H3,(H,21,22)/t13?,15?,16-,18?/m0/s1. The Labute approximate surface area is 152 Å². The maximum Gasteiger partial charge on any atom is 0.407 e. The second-order valence-electron chi connectivity index (χ2n) is 7.04. The van der Waals surface area contributed by atoms with E-state index < -0.39 is 0 Å². The number of benzene rings is 1. The molecule has 3 nitrogen and oxygen atoms in total. The predicted octanol–water partition coefficient (Wildman–Crippen LogP) is 4.92. The van der Waals surface area contributed by atoms with Gasteiger partial charge in [-0.15, -0.1) is 0 Å². The number of nitrogens with one attached hydrogen (secondary N) is 1. The van der Waals surface area contributed by atoms with Crippen LogP contribution in [0.5, 0.6) is 0 Å². The molecule has 1 amide bonds. The Hall–Kier alpha value is -0.780. The molecule has 0 saturated heterocycles. The molecule has 3 unspecified atom stereocenters. The fraction of sp³-hybridized carbons (Fsp3) is 0.632. The van der Waals surface area contributed by atoms with Crippen molar-refractivity contribution in [2.45, 2.75) is 64.0 Å². The van der Waals surface area contributed by atoms with Gasteiger partial charge >= 0.3 is 6.09 Å². The van der Waals surface area contributed by atoms with Crippen LogP contribution in [0.3, 0.4) is 0 Å². The molecule has 1 aromatic rings. The lowest BCUT2D eigenvalue weighted by Gasteiger charge is -2.24. The summed E-state index contributed by atoms with van der Waals surface area (Å²) in [6, 6.07) is 8.68. The third kappa shape index (κ3) is 4.40. The Morgan fingerprint density at radius 2 is 2.17 bits per heavy atom. The van der Waals surface area contributed by atoms with E-state index in [4.69, 9.17) is 4.74 Å². The van der Waals surface area contributed by atoms with Gasteiger partial charge < -0.3 is 10.1 Å². The molecule has 23 heavy (non-hydrogen) atoms. The first-order valence-corrected chi connectivity index (χ1v) is 9.94. The van der Waals surface area contributed by atoms with Gasteiger partial charge in [-0.3, -0.25) is 0 Å². The van der Waals surface area contributed by atoms with Gasteiger partial charge in [0.2, 0.25) is 0 Å². The van der Waals surface area contributed by atoms with Crippen molar-refractivity contribution < 1.29 is 9.53 Å². The first-order chi connectivity index (χ1) is 11.2. The maximum atomic E-state index is 12.3. The molecule has 0 spiro atoms. The average molecular weight is 427 g/mol. The van der Waals surface area contributed by atoms with Crippen molar-refractivity contribution in [3.8, 4) is 0 Å². The first kappa shape index (κ1) is 17.1. The highest BCUT2D eigenvalue weighted by Gasteiger charge is 2.40. The summed E-state index contributed by atoms with van der Waals surface area (Å²) in [4.78, 5) is 12.3. The van der Waals surface area contributed by atoms with Gasteiger partial charge in [-0.05, 0) is 71.7 Å². The molecule has 0 heterocycles. The summed E-state index contributed by atoms with van der Waals surface area (Å²) in [6.45, 7) is 2.14. The second-order valence-corrected chi connectivity index (χ2v) is 8.20. The highest BCUT2D eigenvalue weighted by Crippen LogP contribution is 2.44. The second kappa shape index (κ2) is 7.86. The van der Waals surface area contributed by atoms with Crippen molar-refractivity contribution in [2.24, 2.45) is 11.8 Å². The summed E-state index contributed by atoms with van der Waals surface area (Å²) in [7, 11) is 0. The van der Waals surface area contributed by atoms with Gasteiger partial charge in [-0.25, -0.2) is 4.79 Å². The van der Waals surface area contributed by atoms with Crippen LogP contribution in [0.2, 0.25) is 0 Å². The summed E-state index contributed by atoms with van der Waals surface area (Å²) >= 11 is 2.35. The van der Waals surface area contributed by atoms with Crippen molar-refractivity contribution in [1.82, 2.24) is 5.32 Å². The number of hydrogen-bond acceptors (Lipinski definition) is 2. The van der Waals surface area contributed by atoms with Gasteiger partial charge in [0.1, 0.15) is 6.10 Å². The zero-order chi connectivity index (χ0) is 16.2. The topological polar surface area (TPSA) is 38.3 Å². The summed E-state index contributed by atoms with van der Waals surface area (Å²) in [5, 5.41) is 3.14. The van der Waals surface area contributed by atoms with Crippen LogP contribution >= 0.6 is 22.6 Å². The maximum absolute atomic E-state index is 12.3. The number of alkyl carbamates (subject to hydrolysis) is 1. The van der Waals surface area contributed by atoms with Crippen LogP contribution in [0.25, 0.3) is 0 Å². The molecule has 2 aliphatic rings. The number of fused-ring (bicyclic) bond motifs is 2. The first-order valence-electron chi connectivity index (χ1n) is 8.86. The number of rotatable bonds is 6. The van der Waals surface area contributed by atoms with Crippen LogP contribution < -0.4 is 5.32 Å². The van der Waals surface area contributed by atoms with E-state index in [0.717, 1.165) is 31.6 Å². The lowest BCUT2D eigenvalue weighted by Crippen LogP contribution is -2.40. The highest BCUT2D eigenvalue weighted by molar-refractivity contribution is 14.1. The van der Waals surface area contributed by atoms with Crippen LogP contribution in [0.4, 0.5) is 4.79 Å². The average Bonchev–Trinajstić information content (AvgIpc) is 3.12. The molecular formula is C19H26INO2. The highest BCUT2D eigenvalue weighted by atomic mass is 127. The molecule has 1 aromatic carbocycles. The van der Waals surface area contributed by atoms with Crippen LogP contribution in [-0.2, 0) is 11.2 Å². The molecule has 4 heteroatoms. The molecule has 2 bridgehead atoms. The number of hydrogen-bond donors (Lipinski definition) is 1. The molecule has 1 N–H and O–H groups in total. The Kier molecular flexibility index (Phi) is 5.83. The quantitative estimate of drug-likeness (QED) is 0.655. The van der Waals surface area contributed by atoms with Gasteiger partial charge in [-0.1, -0.05) is 38.0 Å². The molecular weight excluding hydrogens is 401 g/mol. The Morgan fingerprint density at radius 1 is 1.35 bits per heavy atom. The van der Waals surface area contributed by atoms with Gasteiger partial charge in [0.15, 0.2) is 0 Å². The van der Waals surface area contributed by atoms with E-state index in [9.17, 15) is 4.79 Å². The van der Waals surface area contributed by atoms with E-state index in [1.54, 1.807) is 0 Å². The zero-order valence-electron chi connectivity index (χ0n) is 13.8. The number of carbonyl (C=O) groups excluding carboxylic acids is 1. The van der Waals surface area contributed by atoms with Crippen molar-refractivity contribution in [3.05, 3.63) is 33.4 Å². The van der Waals surface area contributed by atoms with Gasteiger partial charge in [0.05, 0.1) is 0 Å². The monoisotopic (exact) mass is 427 g/mol. The minimum absolute atomic E-state index is 0.0329. The Bertz CT molecular complexity index is 548. The molecule has 0 aliphatic heterocycles. The number of carbonyl (C=O) groups is 1. The third-order valence-electron chi connectivity index (χ3n) is 5.33. The third-order valence-corrected chi connectivity index (χ3v) is 6.38. The van der Waals surface area contributed by atoms with Gasteiger partial charge in [0.25, 0.3) is 0 Å². The zero-order valence-corrected chi connectivity index (χ0v) is 15.9. The van der Waals surface area contributed by atoms with Gasteiger partial charge in [0, 0.05) is 16.0 Å². The van der Waals surface area contributed by atoms with E-state index in [1.807, 2.05) is 6.07 Å². The molecule has 2 aliphatic carbocycles. The van der Waals surface area contributed by atoms with Crippen molar-refractivity contribution in [3.63, 3.8) is 0 Å². The van der Waals surface area contributed by atoms with Crippen LogP contribution in [-0.4, -0.2) is 18.2 Å². The fourth-order valence-corrected chi connectivity index (χ4v) is 4.80. The van der Waals surface area contributed by atoms with Crippen LogP contribution in [0.15, 0.2) is 24.3 Å². The molecule has 3 rings (SSSR count). The minimum Gasteiger partial charge on any atom is -0.446 e. The number of ether oxygens (including phenoxy) is 1. The van der Waals surface area contributed by atoms with Crippen molar-refractivity contribution in [1.29, 1.82) is 0 Å². The molecule has 0 aromatic heterocycles. The summed E-state index contributed by atoms with van der Waals surface area (Å²) in [5.41, 5.74) is 1.26. The molecule has 4 atom stereocenters. The summed E-state index contributed by atoms with van der Waals surface area (Å²) in [5.74, 6) is 1.52. The van der Waals surface area contributed by atoms with Gasteiger partial charge in [-0.2, -0.15) is 0 Å². The normalized spacial score (nSPS) is 27.0. The molecule has 2 saturated carbocycles. The molecule has 0 radical (unpaired) electrons. The van der Waals surface area contributed by atoms with Crippen molar-refractivity contribution >= 4 is 28.7 Å². The van der Waals surface area contributed by atoms with E-state index in [1.165, 1.54) is 28.4 Å². The minimum atomic E-state index is -0.216. The van der Waals surface area contributed by atoms with E-state index in [0.29, 0.717) is 12.0 Å². The van der Waals surface area contributed by atoms with E-state index in [-0.39, 0.29) is 12.2 Å². The predicted molar refractivity (Wildman–Crippen MR) is 100 cm³/mol. The molecule has 126 valence electrons. The smallest absolute Gasteiger partial charge is 0.407 e. The van der Waals surface area contributed by atoms with Crippen LogP contribution in [0, 0.1) is 15.4 Å². The van der Waals surface area contributed by atoms with E-state index in [2.05, 4.69) is 53.0 Å². The lowest BCUT2D eigenvalue weighted by molar-refractivity contribution is 0.0867. The largest absolute Gasteiger partial charge is 0.446 e. The Morgan fingerprint density at radius 3 is 2.83 bits per heavy atom. The number of amides is 1. The summed E-state index contributed by atoms with van der Waals surface area (Å²) < 4.78 is 7.01. The van der Waals surface area contributed by atoms with Crippen LogP contribution in [0.1, 0.15) is 51.0 Å². The number of halogens is 1. The SMILES string of the molecule is CCC[C@@H](Cc1ccccc1I)OC(=O)NC1CC2CCC1C2. The molecule has 2 fully saturated rings. The lowest BCUT2D eigenvalue weighted by atomic mass is 9.96.